The number of methoxy groups -OCH3 is 1. The Bertz CT molecular complexity index is 1410. The van der Waals surface area contributed by atoms with Crippen LogP contribution < -0.4 is 10.1 Å². The van der Waals surface area contributed by atoms with E-state index in [1.807, 2.05) is 54.6 Å². The van der Waals surface area contributed by atoms with E-state index in [0.29, 0.717) is 23.4 Å². The number of amides is 1. The van der Waals surface area contributed by atoms with Crippen molar-refractivity contribution in [3.8, 4) is 28.1 Å². The fourth-order valence-electron chi connectivity index (χ4n) is 4.27. The molecule has 0 aliphatic heterocycles. The van der Waals surface area contributed by atoms with Crippen LogP contribution in [0.3, 0.4) is 0 Å². The molecule has 3 aromatic carbocycles. The van der Waals surface area contributed by atoms with Crippen molar-refractivity contribution in [1.82, 2.24) is 15.5 Å². The zero-order valence-electron chi connectivity index (χ0n) is 21.7. The minimum atomic E-state index is -1.41. The summed E-state index contributed by atoms with van der Waals surface area (Å²) >= 11 is 0. The number of nitrogens with zero attached hydrogens (tertiary/aromatic N) is 1. The SMILES string of the molecule is CCOC(=O)C(O)CC(Cc1ccc(-c2ccccc2)cc1)NC(=O)c1cc(-c2cc(F)ccc2OC)n[nH]1. The van der Waals surface area contributed by atoms with Crippen molar-refractivity contribution in [3.63, 3.8) is 0 Å². The van der Waals surface area contributed by atoms with Gasteiger partial charge in [-0.3, -0.25) is 9.89 Å². The Hall–Kier alpha value is -4.50. The van der Waals surface area contributed by atoms with Gasteiger partial charge < -0.3 is 19.9 Å². The number of aliphatic hydroxyl groups is 1. The Kier molecular flexibility index (Phi) is 9.06. The Morgan fingerprint density at radius 2 is 1.74 bits per heavy atom. The number of halogens is 1. The molecule has 0 fully saturated rings. The lowest BCUT2D eigenvalue weighted by atomic mass is 9.97. The maximum atomic E-state index is 13.8. The smallest absolute Gasteiger partial charge is 0.335 e. The van der Waals surface area contributed by atoms with E-state index in [9.17, 15) is 19.1 Å². The lowest BCUT2D eigenvalue weighted by Crippen LogP contribution is -2.41. The Labute approximate surface area is 225 Å². The number of benzene rings is 3. The van der Waals surface area contributed by atoms with E-state index < -0.39 is 29.8 Å². The molecule has 0 spiro atoms. The number of aromatic amines is 1. The van der Waals surface area contributed by atoms with Crippen molar-refractivity contribution < 1.29 is 28.6 Å². The molecule has 39 heavy (non-hydrogen) atoms. The first-order chi connectivity index (χ1) is 18.9. The monoisotopic (exact) mass is 531 g/mol. The van der Waals surface area contributed by atoms with Gasteiger partial charge in [0.25, 0.3) is 5.91 Å². The van der Waals surface area contributed by atoms with Crippen molar-refractivity contribution in [1.29, 1.82) is 0 Å². The first-order valence-electron chi connectivity index (χ1n) is 12.6. The predicted octanol–water partition coefficient (Wildman–Crippen LogP) is 4.55. The molecule has 4 rings (SSSR count). The van der Waals surface area contributed by atoms with Gasteiger partial charge in [-0.2, -0.15) is 5.10 Å². The van der Waals surface area contributed by atoms with E-state index in [0.717, 1.165) is 16.7 Å². The van der Waals surface area contributed by atoms with E-state index in [2.05, 4.69) is 15.5 Å². The van der Waals surface area contributed by atoms with Gasteiger partial charge in [0.2, 0.25) is 0 Å². The summed E-state index contributed by atoms with van der Waals surface area (Å²) in [5, 5.41) is 20.1. The van der Waals surface area contributed by atoms with Gasteiger partial charge in [0.05, 0.1) is 19.4 Å². The zero-order valence-corrected chi connectivity index (χ0v) is 21.7. The molecular weight excluding hydrogens is 501 g/mol. The lowest BCUT2D eigenvalue weighted by Gasteiger charge is -2.21. The first kappa shape index (κ1) is 27.5. The van der Waals surface area contributed by atoms with E-state index in [1.165, 1.54) is 31.4 Å². The molecule has 1 amide bonds. The third-order valence-corrected chi connectivity index (χ3v) is 6.20. The summed E-state index contributed by atoms with van der Waals surface area (Å²) in [6, 6.07) is 22.7. The normalized spacial score (nSPS) is 12.4. The zero-order chi connectivity index (χ0) is 27.8. The molecule has 4 aromatic rings. The minimum absolute atomic E-state index is 0.0519. The average molecular weight is 532 g/mol. The highest BCUT2D eigenvalue weighted by Crippen LogP contribution is 2.29. The lowest BCUT2D eigenvalue weighted by molar-refractivity contribution is -0.153. The molecule has 0 aliphatic carbocycles. The van der Waals surface area contributed by atoms with Gasteiger partial charge in [0.15, 0.2) is 6.10 Å². The molecule has 0 saturated heterocycles. The number of hydrogen-bond donors (Lipinski definition) is 3. The molecule has 202 valence electrons. The number of ether oxygens (including phenoxy) is 2. The highest BCUT2D eigenvalue weighted by molar-refractivity contribution is 5.93. The molecule has 2 atom stereocenters. The highest BCUT2D eigenvalue weighted by atomic mass is 19.1. The standard InChI is InChI=1S/C30H30FN3O5/c1-3-39-30(37)27(35)17-23(15-19-9-11-21(12-10-19)20-7-5-4-6-8-20)32-29(36)26-18-25(33-34-26)24-16-22(31)13-14-28(24)38-2/h4-14,16,18,23,27,35H,3,15,17H2,1-2H3,(H,32,36)(H,33,34). The van der Waals surface area contributed by atoms with Gasteiger partial charge in [-0.1, -0.05) is 54.6 Å². The van der Waals surface area contributed by atoms with E-state index in [1.54, 1.807) is 6.92 Å². The number of aliphatic hydroxyl groups excluding tert-OH is 1. The molecule has 1 aromatic heterocycles. The van der Waals surface area contributed by atoms with Crippen molar-refractivity contribution in [3.05, 3.63) is 95.9 Å². The number of aromatic nitrogens is 2. The third-order valence-electron chi connectivity index (χ3n) is 6.20. The van der Waals surface area contributed by atoms with Crippen LogP contribution in [0.1, 0.15) is 29.4 Å². The topological polar surface area (TPSA) is 114 Å². The summed E-state index contributed by atoms with van der Waals surface area (Å²) in [7, 11) is 1.46. The Morgan fingerprint density at radius 3 is 2.44 bits per heavy atom. The molecule has 3 N–H and O–H groups in total. The maximum Gasteiger partial charge on any atom is 0.335 e. The number of H-pyrrole nitrogens is 1. The van der Waals surface area contributed by atoms with Gasteiger partial charge >= 0.3 is 5.97 Å². The van der Waals surface area contributed by atoms with Gasteiger partial charge in [0.1, 0.15) is 17.3 Å². The fourth-order valence-corrected chi connectivity index (χ4v) is 4.27. The van der Waals surface area contributed by atoms with Crippen LogP contribution in [0.4, 0.5) is 4.39 Å². The van der Waals surface area contributed by atoms with Crippen molar-refractivity contribution >= 4 is 11.9 Å². The number of hydrogen-bond acceptors (Lipinski definition) is 6. The van der Waals surface area contributed by atoms with Crippen LogP contribution in [0.5, 0.6) is 5.75 Å². The van der Waals surface area contributed by atoms with Crippen LogP contribution in [0.25, 0.3) is 22.4 Å². The number of carbonyl (C=O) groups is 2. The fraction of sp³-hybridized carbons (Fsp3) is 0.233. The molecule has 0 saturated carbocycles. The molecule has 0 aliphatic rings. The van der Waals surface area contributed by atoms with Crippen LogP contribution in [0.2, 0.25) is 0 Å². The quantitative estimate of drug-likeness (QED) is 0.245. The van der Waals surface area contributed by atoms with Gasteiger partial charge in [-0.05, 0) is 54.3 Å². The second-order valence-corrected chi connectivity index (χ2v) is 8.95. The van der Waals surface area contributed by atoms with Crippen LogP contribution in [-0.4, -0.2) is 53.0 Å². The summed E-state index contributed by atoms with van der Waals surface area (Å²) in [4.78, 5) is 25.2. The van der Waals surface area contributed by atoms with Crippen LogP contribution in [-0.2, 0) is 16.0 Å². The molecule has 1 heterocycles. The summed E-state index contributed by atoms with van der Waals surface area (Å²) in [6.07, 6.45) is -1.10. The van der Waals surface area contributed by atoms with E-state index in [-0.39, 0.29) is 18.7 Å². The second kappa shape index (κ2) is 12.8. The number of carbonyl (C=O) groups excluding carboxylic acids is 2. The number of rotatable bonds is 11. The maximum absolute atomic E-state index is 13.8. The van der Waals surface area contributed by atoms with Crippen molar-refractivity contribution in [2.75, 3.05) is 13.7 Å². The van der Waals surface area contributed by atoms with Gasteiger partial charge in [-0.25, -0.2) is 9.18 Å². The average Bonchev–Trinajstić information content (AvgIpc) is 3.44. The summed E-state index contributed by atoms with van der Waals surface area (Å²) in [5.41, 5.74) is 3.88. The van der Waals surface area contributed by atoms with E-state index in [4.69, 9.17) is 9.47 Å². The van der Waals surface area contributed by atoms with Crippen molar-refractivity contribution in [2.24, 2.45) is 0 Å². The largest absolute Gasteiger partial charge is 0.496 e. The molecule has 2 unspecified atom stereocenters. The molecule has 0 radical (unpaired) electrons. The number of esters is 1. The van der Waals surface area contributed by atoms with Gasteiger partial charge in [-0.15, -0.1) is 0 Å². The molecule has 8 nitrogen and oxygen atoms in total. The van der Waals surface area contributed by atoms with Gasteiger partial charge in [0, 0.05) is 18.0 Å². The summed E-state index contributed by atoms with van der Waals surface area (Å²) in [6.45, 7) is 1.79. The molecular formula is C30H30FN3O5. The summed E-state index contributed by atoms with van der Waals surface area (Å²) < 4.78 is 24.1. The second-order valence-electron chi connectivity index (χ2n) is 8.95. The third kappa shape index (κ3) is 7.08. The Morgan fingerprint density at radius 1 is 1.03 bits per heavy atom. The first-order valence-corrected chi connectivity index (χ1v) is 12.6. The van der Waals surface area contributed by atoms with Crippen LogP contribution in [0, 0.1) is 5.82 Å². The Balaban J connectivity index is 1.52. The molecule has 0 bridgehead atoms. The van der Waals surface area contributed by atoms with Crippen molar-refractivity contribution in [2.45, 2.75) is 31.9 Å². The molecule has 9 heteroatoms. The minimum Gasteiger partial charge on any atom is -0.496 e. The number of nitrogens with one attached hydrogen (secondary N) is 2. The van der Waals surface area contributed by atoms with Crippen LogP contribution >= 0.6 is 0 Å². The van der Waals surface area contributed by atoms with Crippen LogP contribution in [0.15, 0.2) is 78.9 Å². The van der Waals surface area contributed by atoms with E-state index >= 15 is 0 Å². The highest BCUT2D eigenvalue weighted by Gasteiger charge is 2.25. The summed E-state index contributed by atoms with van der Waals surface area (Å²) in [5.74, 6) is -1.31. The predicted molar refractivity (Wildman–Crippen MR) is 145 cm³/mol.